The van der Waals surface area contributed by atoms with Gasteiger partial charge in [0.25, 0.3) is 0 Å². The summed E-state index contributed by atoms with van der Waals surface area (Å²) in [6, 6.07) is 5.61. The van der Waals surface area contributed by atoms with Crippen molar-refractivity contribution in [3.8, 4) is 0 Å². The Morgan fingerprint density at radius 2 is 2.17 bits per heavy atom. The van der Waals surface area contributed by atoms with E-state index in [-0.39, 0.29) is 5.82 Å². The molecule has 1 aromatic rings. The molecule has 1 saturated heterocycles. The molecule has 3 heteroatoms. The molecule has 1 atom stereocenters. The molecule has 2 rings (SSSR count). The number of benzene rings is 1. The van der Waals surface area contributed by atoms with Crippen molar-refractivity contribution in [3.63, 3.8) is 0 Å². The Bertz CT molecular complexity index is 403. The molecule has 0 aliphatic carbocycles. The zero-order valence-corrected chi connectivity index (χ0v) is 11.5. The first-order valence-electron chi connectivity index (χ1n) is 6.88. The standard InChI is InChI=1S/C15H23FN2/c1-11(2)17-14-8-4-7-13(16)15(14)18-9-5-6-12(3)10-18/h4,7-8,11-12,17H,5-6,9-10H2,1-3H3/t12-/m1/s1. The molecule has 0 unspecified atom stereocenters. The maximum atomic E-state index is 14.1. The van der Waals surface area contributed by atoms with Crippen LogP contribution in [0.4, 0.5) is 15.8 Å². The number of piperidine rings is 1. The molecule has 0 spiro atoms. The number of hydrogen-bond donors (Lipinski definition) is 1. The van der Waals surface area contributed by atoms with Crippen LogP contribution in [-0.4, -0.2) is 19.1 Å². The summed E-state index contributed by atoms with van der Waals surface area (Å²) in [5.41, 5.74) is 1.66. The van der Waals surface area contributed by atoms with Gasteiger partial charge in [-0.2, -0.15) is 0 Å². The SMILES string of the molecule is CC(C)Nc1cccc(F)c1N1CCC[C@@H](C)C1. The summed E-state index contributed by atoms with van der Waals surface area (Å²) in [4.78, 5) is 2.19. The third-order valence-electron chi connectivity index (χ3n) is 3.40. The minimum Gasteiger partial charge on any atom is -0.381 e. The lowest BCUT2D eigenvalue weighted by molar-refractivity contribution is 0.442. The van der Waals surface area contributed by atoms with Crippen LogP contribution >= 0.6 is 0 Å². The number of nitrogens with zero attached hydrogens (tertiary/aromatic N) is 1. The van der Waals surface area contributed by atoms with Crippen molar-refractivity contribution < 1.29 is 4.39 Å². The van der Waals surface area contributed by atoms with Gasteiger partial charge in [0.2, 0.25) is 0 Å². The molecule has 18 heavy (non-hydrogen) atoms. The van der Waals surface area contributed by atoms with Crippen LogP contribution < -0.4 is 10.2 Å². The van der Waals surface area contributed by atoms with Gasteiger partial charge in [-0.15, -0.1) is 0 Å². The van der Waals surface area contributed by atoms with E-state index in [0.717, 1.165) is 30.9 Å². The summed E-state index contributed by atoms with van der Waals surface area (Å²) < 4.78 is 14.1. The molecule has 2 nitrogen and oxygen atoms in total. The van der Waals surface area contributed by atoms with Gasteiger partial charge in [0.15, 0.2) is 0 Å². The van der Waals surface area contributed by atoms with Gasteiger partial charge in [-0.05, 0) is 44.7 Å². The molecule has 0 amide bonds. The lowest BCUT2D eigenvalue weighted by Gasteiger charge is -2.34. The lowest BCUT2D eigenvalue weighted by Crippen LogP contribution is -2.35. The summed E-state index contributed by atoms with van der Waals surface area (Å²) in [6.07, 6.45) is 2.40. The molecule has 0 radical (unpaired) electrons. The minimum atomic E-state index is -0.116. The van der Waals surface area contributed by atoms with Crippen molar-refractivity contribution >= 4 is 11.4 Å². The van der Waals surface area contributed by atoms with Crippen LogP contribution in [0, 0.1) is 11.7 Å². The highest BCUT2D eigenvalue weighted by atomic mass is 19.1. The summed E-state index contributed by atoms with van der Waals surface area (Å²) in [5.74, 6) is 0.528. The Labute approximate surface area is 109 Å². The molecule has 0 bridgehead atoms. The first kappa shape index (κ1) is 13.2. The maximum Gasteiger partial charge on any atom is 0.148 e. The van der Waals surface area contributed by atoms with Crippen LogP contribution in [0.25, 0.3) is 0 Å². The van der Waals surface area contributed by atoms with Crippen molar-refractivity contribution in [2.75, 3.05) is 23.3 Å². The Balaban J connectivity index is 2.29. The Kier molecular flexibility index (Phi) is 4.10. The molecule has 1 aliphatic rings. The Hall–Kier alpha value is -1.25. The van der Waals surface area contributed by atoms with Crippen LogP contribution in [0.15, 0.2) is 18.2 Å². The smallest absolute Gasteiger partial charge is 0.148 e. The first-order valence-corrected chi connectivity index (χ1v) is 6.88. The summed E-state index contributed by atoms with van der Waals surface area (Å²) in [6.45, 7) is 8.30. The van der Waals surface area contributed by atoms with E-state index in [1.54, 1.807) is 12.1 Å². The third-order valence-corrected chi connectivity index (χ3v) is 3.40. The number of anilines is 2. The van der Waals surface area contributed by atoms with E-state index in [0.29, 0.717) is 12.0 Å². The molecule has 0 aromatic heterocycles. The van der Waals surface area contributed by atoms with Gasteiger partial charge in [-0.1, -0.05) is 13.0 Å². The molecule has 1 aromatic carbocycles. The van der Waals surface area contributed by atoms with Crippen LogP contribution in [0.1, 0.15) is 33.6 Å². The number of nitrogens with one attached hydrogen (secondary N) is 1. The predicted molar refractivity (Wildman–Crippen MR) is 75.8 cm³/mol. The molecule has 0 saturated carbocycles. The van der Waals surface area contributed by atoms with E-state index >= 15 is 0 Å². The van der Waals surface area contributed by atoms with Crippen molar-refractivity contribution in [3.05, 3.63) is 24.0 Å². The van der Waals surface area contributed by atoms with Crippen LogP contribution in [-0.2, 0) is 0 Å². The molecule has 1 aliphatic heterocycles. The lowest BCUT2D eigenvalue weighted by atomic mass is 9.99. The van der Waals surface area contributed by atoms with E-state index in [4.69, 9.17) is 0 Å². The Morgan fingerprint density at radius 1 is 1.39 bits per heavy atom. The van der Waals surface area contributed by atoms with E-state index in [9.17, 15) is 4.39 Å². The zero-order valence-electron chi connectivity index (χ0n) is 11.5. The first-order chi connectivity index (χ1) is 8.58. The van der Waals surface area contributed by atoms with Gasteiger partial charge >= 0.3 is 0 Å². The second-order valence-corrected chi connectivity index (χ2v) is 5.63. The fourth-order valence-corrected chi connectivity index (χ4v) is 2.66. The normalized spacial score (nSPS) is 20.3. The summed E-state index contributed by atoms with van der Waals surface area (Å²) >= 11 is 0. The van der Waals surface area contributed by atoms with Crippen LogP contribution in [0.2, 0.25) is 0 Å². The van der Waals surface area contributed by atoms with E-state index < -0.39 is 0 Å². The fraction of sp³-hybridized carbons (Fsp3) is 0.600. The van der Waals surface area contributed by atoms with Crippen molar-refractivity contribution in [2.45, 2.75) is 39.7 Å². The quantitative estimate of drug-likeness (QED) is 0.875. The number of halogens is 1. The van der Waals surface area contributed by atoms with E-state index in [1.165, 1.54) is 6.42 Å². The number of rotatable bonds is 3. The monoisotopic (exact) mass is 250 g/mol. The molecule has 1 heterocycles. The second-order valence-electron chi connectivity index (χ2n) is 5.63. The highest BCUT2D eigenvalue weighted by molar-refractivity contribution is 5.71. The second kappa shape index (κ2) is 5.59. The van der Waals surface area contributed by atoms with Gasteiger partial charge in [-0.25, -0.2) is 4.39 Å². The number of hydrogen-bond acceptors (Lipinski definition) is 2. The van der Waals surface area contributed by atoms with Gasteiger partial charge in [0, 0.05) is 19.1 Å². The van der Waals surface area contributed by atoms with Gasteiger partial charge in [0.05, 0.1) is 11.4 Å². The van der Waals surface area contributed by atoms with Crippen molar-refractivity contribution in [1.82, 2.24) is 0 Å². The van der Waals surface area contributed by atoms with E-state index in [1.807, 2.05) is 6.07 Å². The van der Waals surface area contributed by atoms with Gasteiger partial charge < -0.3 is 10.2 Å². The highest BCUT2D eigenvalue weighted by Crippen LogP contribution is 2.32. The summed E-state index contributed by atoms with van der Waals surface area (Å²) in [5, 5.41) is 3.34. The topological polar surface area (TPSA) is 15.3 Å². The average molecular weight is 250 g/mol. The largest absolute Gasteiger partial charge is 0.381 e. The molecular formula is C15H23FN2. The molecule has 100 valence electrons. The molecule has 1 N–H and O–H groups in total. The molecular weight excluding hydrogens is 227 g/mol. The predicted octanol–water partition coefficient (Wildman–Crippen LogP) is 3.88. The van der Waals surface area contributed by atoms with Crippen LogP contribution in [0.5, 0.6) is 0 Å². The highest BCUT2D eigenvalue weighted by Gasteiger charge is 2.21. The van der Waals surface area contributed by atoms with Crippen LogP contribution in [0.3, 0.4) is 0 Å². The minimum absolute atomic E-state index is 0.116. The summed E-state index contributed by atoms with van der Waals surface area (Å²) in [7, 11) is 0. The average Bonchev–Trinajstić information content (AvgIpc) is 2.28. The van der Waals surface area contributed by atoms with Gasteiger partial charge in [0.1, 0.15) is 5.82 Å². The van der Waals surface area contributed by atoms with Crippen molar-refractivity contribution in [2.24, 2.45) is 5.92 Å². The van der Waals surface area contributed by atoms with E-state index in [2.05, 4.69) is 31.0 Å². The van der Waals surface area contributed by atoms with Crippen molar-refractivity contribution in [1.29, 1.82) is 0 Å². The zero-order chi connectivity index (χ0) is 13.1. The molecule has 1 fully saturated rings. The fourth-order valence-electron chi connectivity index (χ4n) is 2.66. The third kappa shape index (κ3) is 2.95. The number of para-hydroxylation sites is 1. The van der Waals surface area contributed by atoms with Gasteiger partial charge in [-0.3, -0.25) is 0 Å². The Morgan fingerprint density at radius 3 is 2.83 bits per heavy atom. The maximum absolute atomic E-state index is 14.1.